The molecular formula is C13H28O2. The van der Waals surface area contributed by atoms with Gasteiger partial charge in [0, 0.05) is 19.1 Å². The van der Waals surface area contributed by atoms with Crippen molar-refractivity contribution in [3.63, 3.8) is 0 Å². The minimum absolute atomic E-state index is 0.894. The molecule has 0 spiro atoms. The molecule has 0 aliphatic carbocycles. The molecule has 0 amide bonds. The fraction of sp³-hybridized carbons (Fsp3) is 1.00. The van der Waals surface area contributed by atoms with E-state index in [1.54, 1.807) is 0 Å². The molecule has 2 saturated heterocycles. The summed E-state index contributed by atoms with van der Waals surface area (Å²) < 4.78 is 10.1. The molecule has 0 atom stereocenters. The Hall–Kier alpha value is -0.0800. The van der Waals surface area contributed by atoms with Gasteiger partial charge in [0.1, 0.15) is 0 Å². The summed E-state index contributed by atoms with van der Waals surface area (Å²) in [6, 6.07) is 0. The zero-order valence-electron chi connectivity index (χ0n) is 10.9. The second-order valence-electron chi connectivity index (χ2n) is 4.11. The van der Waals surface area contributed by atoms with Crippen molar-refractivity contribution in [2.45, 2.75) is 47.0 Å². The van der Waals surface area contributed by atoms with Gasteiger partial charge < -0.3 is 9.47 Å². The van der Waals surface area contributed by atoms with Gasteiger partial charge in [-0.1, -0.05) is 27.7 Å². The quantitative estimate of drug-likeness (QED) is 0.668. The lowest BCUT2D eigenvalue weighted by Crippen LogP contribution is -2.26. The van der Waals surface area contributed by atoms with Gasteiger partial charge in [0.2, 0.25) is 0 Å². The summed E-state index contributed by atoms with van der Waals surface area (Å²) in [7, 11) is 0. The van der Waals surface area contributed by atoms with Crippen LogP contribution in [0.1, 0.15) is 47.0 Å². The van der Waals surface area contributed by atoms with E-state index in [-0.39, 0.29) is 0 Å². The van der Waals surface area contributed by atoms with Crippen molar-refractivity contribution < 1.29 is 9.47 Å². The third-order valence-corrected chi connectivity index (χ3v) is 2.79. The van der Waals surface area contributed by atoms with Crippen molar-refractivity contribution >= 4 is 0 Å². The lowest BCUT2D eigenvalue weighted by Gasteiger charge is -2.23. The zero-order chi connectivity index (χ0) is 11.5. The predicted molar refractivity (Wildman–Crippen MR) is 65.2 cm³/mol. The Morgan fingerprint density at radius 3 is 1.67 bits per heavy atom. The number of hydrogen-bond acceptors (Lipinski definition) is 2. The molecule has 92 valence electrons. The van der Waals surface area contributed by atoms with Crippen molar-refractivity contribution in [2.24, 2.45) is 11.8 Å². The van der Waals surface area contributed by atoms with E-state index in [2.05, 4.69) is 13.8 Å². The second kappa shape index (κ2) is 10.4. The Bertz CT molecular complexity index is 113. The van der Waals surface area contributed by atoms with Crippen LogP contribution in [0.2, 0.25) is 0 Å². The van der Waals surface area contributed by atoms with E-state index in [1.807, 2.05) is 13.8 Å². The molecule has 15 heavy (non-hydrogen) atoms. The van der Waals surface area contributed by atoms with Gasteiger partial charge >= 0.3 is 0 Å². The first-order valence-electron chi connectivity index (χ1n) is 6.48. The van der Waals surface area contributed by atoms with Crippen molar-refractivity contribution in [3.8, 4) is 0 Å². The fourth-order valence-electron chi connectivity index (χ4n) is 1.34. The van der Waals surface area contributed by atoms with Gasteiger partial charge in [0.25, 0.3) is 0 Å². The highest BCUT2D eigenvalue weighted by Crippen LogP contribution is 2.12. The summed E-state index contributed by atoms with van der Waals surface area (Å²) in [6.45, 7) is 12.5. The van der Waals surface area contributed by atoms with Crippen LogP contribution in [0.4, 0.5) is 0 Å². The molecule has 2 nitrogen and oxygen atoms in total. The third kappa shape index (κ3) is 7.80. The van der Waals surface area contributed by atoms with E-state index in [0.29, 0.717) is 0 Å². The Kier molecular flexibility index (Phi) is 10.4. The smallest absolute Gasteiger partial charge is 0.0516 e. The van der Waals surface area contributed by atoms with Crippen molar-refractivity contribution in [1.82, 2.24) is 0 Å². The standard InChI is InChI=1S/C6H12O.C5H10O.C2H6/c1-6-2-4-7-5-3-6;1-2-5-3-6-4-5;1-2/h6H,2-5H2,1H3;5H,2-4H2,1H3;1-2H3. The topological polar surface area (TPSA) is 18.5 Å². The van der Waals surface area contributed by atoms with Gasteiger partial charge in [0.15, 0.2) is 0 Å². The molecule has 2 rings (SSSR count). The summed E-state index contributed by atoms with van der Waals surface area (Å²) in [6.07, 6.45) is 3.82. The Labute approximate surface area is 95.3 Å². The Morgan fingerprint density at radius 1 is 1.00 bits per heavy atom. The molecule has 0 saturated carbocycles. The fourth-order valence-corrected chi connectivity index (χ4v) is 1.34. The molecule has 0 radical (unpaired) electrons. The summed E-state index contributed by atoms with van der Waals surface area (Å²) in [5.41, 5.74) is 0. The molecule has 0 aromatic rings. The molecule has 2 heterocycles. The molecule has 0 aromatic carbocycles. The van der Waals surface area contributed by atoms with Crippen LogP contribution >= 0.6 is 0 Å². The number of hydrogen-bond donors (Lipinski definition) is 0. The van der Waals surface area contributed by atoms with Crippen LogP contribution in [-0.2, 0) is 9.47 Å². The predicted octanol–water partition coefficient (Wildman–Crippen LogP) is 3.50. The maximum Gasteiger partial charge on any atom is 0.0516 e. The maximum absolute atomic E-state index is 5.14. The Morgan fingerprint density at radius 2 is 1.53 bits per heavy atom. The monoisotopic (exact) mass is 216 g/mol. The van der Waals surface area contributed by atoms with E-state index < -0.39 is 0 Å². The minimum atomic E-state index is 0.894. The first kappa shape index (κ1) is 14.9. The van der Waals surface area contributed by atoms with Crippen LogP contribution < -0.4 is 0 Å². The summed E-state index contributed by atoms with van der Waals surface area (Å²) in [5, 5.41) is 0. The first-order valence-corrected chi connectivity index (χ1v) is 6.48. The van der Waals surface area contributed by atoms with Gasteiger partial charge in [-0.05, 0) is 25.2 Å². The highest BCUT2D eigenvalue weighted by molar-refractivity contribution is 4.61. The van der Waals surface area contributed by atoms with Crippen molar-refractivity contribution in [1.29, 1.82) is 0 Å². The lowest BCUT2D eigenvalue weighted by atomic mass is 10.0. The van der Waals surface area contributed by atoms with Gasteiger partial charge in [-0.15, -0.1) is 0 Å². The average Bonchev–Trinajstić information content (AvgIpc) is 2.21. The molecule has 2 aliphatic heterocycles. The SMILES string of the molecule is CC.CC1CCOCC1.CCC1COC1. The average molecular weight is 216 g/mol. The van der Waals surface area contributed by atoms with Crippen molar-refractivity contribution in [2.75, 3.05) is 26.4 Å². The van der Waals surface area contributed by atoms with Gasteiger partial charge in [-0.2, -0.15) is 0 Å². The lowest BCUT2D eigenvalue weighted by molar-refractivity contribution is -0.0331. The van der Waals surface area contributed by atoms with Crippen LogP contribution in [0.15, 0.2) is 0 Å². The van der Waals surface area contributed by atoms with E-state index in [1.165, 1.54) is 19.3 Å². The van der Waals surface area contributed by atoms with E-state index in [4.69, 9.17) is 9.47 Å². The van der Waals surface area contributed by atoms with Crippen molar-refractivity contribution in [3.05, 3.63) is 0 Å². The van der Waals surface area contributed by atoms with Crippen LogP contribution in [0.25, 0.3) is 0 Å². The van der Waals surface area contributed by atoms with E-state index in [0.717, 1.165) is 38.3 Å². The molecule has 0 unspecified atom stereocenters. The molecule has 0 bridgehead atoms. The highest BCUT2D eigenvalue weighted by Gasteiger charge is 2.14. The number of ether oxygens (including phenoxy) is 2. The zero-order valence-corrected chi connectivity index (χ0v) is 10.9. The summed E-state index contributed by atoms with van der Waals surface area (Å²) >= 11 is 0. The number of rotatable bonds is 1. The Balaban J connectivity index is 0.000000227. The van der Waals surface area contributed by atoms with Crippen LogP contribution in [0, 0.1) is 11.8 Å². The molecular weight excluding hydrogens is 188 g/mol. The largest absolute Gasteiger partial charge is 0.381 e. The molecule has 2 fully saturated rings. The molecule has 2 heteroatoms. The molecule has 2 aliphatic rings. The molecule has 0 N–H and O–H groups in total. The molecule has 0 aromatic heterocycles. The van der Waals surface area contributed by atoms with Crippen LogP contribution in [0.5, 0.6) is 0 Å². The minimum Gasteiger partial charge on any atom is -0.381 e. The van der Waals surface area contributed by atoms with Gasteiger partial charge in [-0.3, -0.25) is 0 Å². The second-order valence-corrected chi connectivity index (χ2v) is 4.11. The third-order valence-electron chi connectivity index (χ3n) is 2.79. The van der Waals surface area contributed by atoms with Gasteiger partial charge in [0.05, 0.1) is 13.2 Å². The van der Waals surface area contributed by atoms with E-state index >= 15 is 0 Å². The summed E-state index contributed by atoms with van der Waals surface area (Å²) in [5.74, 6) is 1.80. The summed E-state index contributed by atoms with van der Waals surface area (Å²) in [4.78, 5) is 0. The highest BCUT2D eigenvalue weighted by atomic mass is 16.5. The maximum atomic E-state index is 5.14. The van der Waals surface area contributed by atoms with Crippen LogP contribution in [-0.4, -0.2) is 26.4 Å². The van der Waals surface area contributed by atoms with E-state index in [9.17, 15) is 0 Å². The van der Waals surface area contributed by atoms with Crippen LogP contribution in [0.3, 0.4) is 0 Å². The first-order chi connectivity index (χ1) is 7.33. The normalized spacial score (nSPS) is 21.6. The van der Waals surface area contributed by atoms with Gasteiger partial charge in [-0.25, -0.2) is 0 Å².